The number of carbonyl (C=O) groups is 1. The fraction of sp³-hybridized carbons (Fsp3) is 0.667. The van der Waals surface area contributed by atoms with Crippen LogP contribution in [0.25, 0.3) is 0 Å². The van der Waals surface area contributed by atoms with Gasteiger partial charge in [-0.3, -0.25) is 4.79 Å². The smallest absolute Gasteiger partial charge is 0.221 e. The number of pyridine rings is 1. The van der Waals surface area contributed by atoms with Crippen LogP contribution in [0.15, 0.2) is 18.3 Å². The second kappa shape index (κ2) is 12.7. The van der Waals surface area contributed by atoms with E-state index in [9.17, 15) is 4.79 Å². The van der Waals surface area contributed by atoms with Gasteiger partial charge < -0.3 is 15.5 Å². The van der Waals surface area contributed by atoms with Gasteiger partial charge >= 0.3 is 0 Å². The molecule has 0 aliphatic carbocycles. The zero-order valence-electron chi connectivity index (χ0n) is 15.1. The van der Waals surface area contributed by atoms with E-state index in [1.165, 1.54) is 25.7 Å². The predicted octanol–water partition coefficient (Wildman–Crippen LogP) is 3.02. The lowest BCUT2D eigenvalue weighted by molar-refractivity contribution is -0.121. The highest BCUT2D eigenvalue weighted by Crippen LogP contribution is 2.17. The summed E-state index contributed by atoms with van der Waals surface area (Å²) in [4.78, 5) is 19.0. The van der Waals surface area contributed by atoms with Crippen molar-refractivity contribution in [2.24, 2.45) is 0 Å². The molecule has 2 aliphatic rings. The van der Waals surface area contributed by atoms with Crippen LogP contribution in [-0.4, -0.2) is 48.1 Å². The van der Waals surface area contributed by atoms with Crippen molar-refractivity contribution in [2.75, 3.05) is 36.0 Å². The molecule has 26 heavy (non-hydrogen) atoms. The number of carbonyl (C=O) groups excluding carboxylic acids is 1. The topological polar surface area (TPSA) is 57.3 Å². The van der Waals surface area contributed by atoms with E-state index in [2.05, 4.69) is 32.7 Å². The molecule has 5 nitrogen and oxygen atoms in total. The number of halogens is 2. The van der Waals surface area contributed by atoms with Gasteiger partial charge in [0.1, 0.15) is 5.82 Å². The molecule has 0 saturated carbocycles. The number of aromatic nitrogens is 1. The second-order valence-corrected chi connectivity index (χ2v) is 7.78. The van der Waals surface area contributed by atoms with Gasteiger partial charge in [-0.15, -0.1) is 24.8 Å². The largest absolute Gasteiger partial charge is 0.357 e. The van der Waals surface area contributed by atoms with Gasteiger partial charge in [-0.1, -0.05) is 18.9 Å². The van der Waals surface area contributed by atoms with E-state index >= 15 is 0 Å². The SMILES string of the molecule is Cl.Cl.O=C(CC1CSCCN1)NCc1ccc(N2CCCCCC2)nc1. The summed E-state index contributed by atoms with van der Waals surface area (Å²) in [6.07, 6.45) is 7.63. The number of rotatable bonds is 5. The average Bonchev–Trinajstić information content (AvgIpc) is 2.91. The molecule has 1 atom stereocenters. The lowest BCUT2D eigenvalue weighted by Crippen LogP contribution is -2.41. The van der Waals surface area contributed by atoms with Crippen molar-refractivity contribution in [1.29, 1.82) is 0 Å². The zero-order chi connectivity index (χ0) is 16.6. The van der Waals surface area contributed by atoms with E-state index in [4.69, 9.17) is 0 Å². The molecular formula is C18H30Cl2N4OS. The van der Waals surface area contributed by atoms with Gasteiger partial charge in [-0.2, -0.15) is 11.8 Å². The Morgan fingerprint density at radius 2 is 2.00 bits per heavy atom. The molecule has 1 unspecified atom stereocenters. The first-order valence-electron chi connectivity index (χ1n) is 9.09. The van der Waals surface area contributed by atoms with E-state index in [-0.39, 0.29) is 30.7 Å². The summed E-state index contributed by atoms with van der Waals surface area (Å²) in [6, 6.07) is 4.49. The maximum Gasteiger partial charge on any atom is 0.221 e. The van der Waals surface area contributed by atoms with Gasteiger partial charge in [0.2, 0.25) is 5.91 Å². The quantitative estimate of drug-likeness (QED) is 0.766. The highest BCUT2D eigenvalue weighted by molar-refractivity contribution is 7.99. The van der Waals surface area contributed by atoms with Crippen LogP contribution in [0.2, 0.25) is 0 Å². The van der Waals surface area contributed by atoms with E-state index in [0.29, 0.717) is 19.0 Å². The molecule has 1 amide bonds. The highest BCUT2D eigenvalue weighted by Gasteiger charge is 2.16. The third kappa shape index (κ3) is 7.51. The van der Waals surface area contributed by atoms with E-state index in [0.717, 1.165) is 42.5 Å². The molecule has 8 heteroatoms. The van der Waals surface area contributed by atoms with Crippen LogP contribution in [0, 0.1) is 0 Å². The van der Waals surface area contributed by atoms with Gasteiger partial charge in [0.15, 0.2) is 0 Å². The maximum absolute atomic E-state index is 12.0. The molecule has 1 aromatic heterocycles. The number of hydrogen-bond acceptors (Lipinski definition) is 5. The van der Waals surface area contributed by atoms with Crippen LogP contribution < -0.4 is 15.5 Å². The summed E-state index contributed by atoms with van der Waals surface area (Å²) >= 11 is 1.92. The summed E-state index contributed by atoms with van der Waals surface area (Å²) in [5.41, 5.74) is 1.06. The molecule has 2 saturated heterocycles. The monoisotopic (exact) mass is 420 g/mol. The Balaban J connectivity index is 0.00000169. The predicted molar refractivity (Wildman–Crippen MR) is 115 cm³/mol. The molecule has 3 heterocycles. The molecule has 0 spiro atoms. The summed E-state index contributed by atoms with van der Waals surface area (Å²) in [7, 11) is 0. The van der Waals surface area contributed by atoms with Crippen LogP contribution in [0.4, 0.5) is 5.82 Å². The van der Waals surface area contributed by atoms with Crippen molar-refractivity contribution in [3.63, 3.8) is 0 Å². The minimum atomic E-state index is 0. The van der Waals surface area contributed by atoms with E-state index < -0.39 is 0 Å². The molecule has 2 fully saturated rings. The summed E-state index contributed by atoms with van der Waals surface area (Å²) in [6.45, 7) is 3.78. The first-order valence-corrected chi connectivity index (χ1v) is 10.2. The van der Waals surface area contributed by atoms with Crippen molar-refractivity contribution >= 4 is 48.3 Å². The van der Waals surface area contributed by atoms with E-state index in [1.807, 2.05) is 18.0 Å². The lowest BCUT2D eigenvalue weighted by Gasteiger charge is -2.22. The van der Waals surface area contributed by atoms with E-state index in [1.54, 1.807) is 0 Å². The van der Waals surface area contributed by atoms with Gasteiger partial charge in [-0.05, 0) is 24.5 Å². The third-order valence-corrected chi connectivity index (χ3v) is 5.79. The molecule has 2 N–H and O–H groups in total. The van der Waals surface area contributed by atoms with Gasteiger partial charge in [0.05, 0.1) is 0 Å². The Morgan fingerprint density at radius 1 is 1.23 bits per heavy atom. The average molecular weight is 421 g/mol. The Morgan fingerprint density at radius 3 is 2.62 bits per heavy atom. The highest BCUT2D eigenvalue weighted by atomic mass is 35.5. The van der Waals surface area contributed by atoms with Crippen molar-refractivity contribution in [3.05, 3.63) is 23.9 Å². The molecular weight excluding hydrogens is 391 g/mol. The number of nitrogens with one attached hydrogen (secondary N) is 2. The Kier molecular flexibility index (Phi) is 11.4. The molecule has 3 rings (SSSR count). The van der Waals surface area contributed by atoms with Crippen molar-refractivity contribution in [1.82, 2.24) is 15.6 Å². The Labute approximate surface area is 173 Å². The minimum absolute atomic E-state index is 0. The number of amides is 1. The fourth-order valence-corrected chi connectivity index (χ4v) is 4.20. The standard InChI is InChI=1S/C18H28N4OS.2ClH/c23-18(11-16-14-24-10-7-19-16)21-13-15-5-6-17(20-12-15)22-8-3-1-2-4-9-22;;/h5-6,12,16,19H,1-4,7-11,13-14H2,(H,21,23);2*1H. The van der Waals surface area contributed by atoms with Gasteiger partial charge in [-0.25, -0.2) is 4.98 Å². The fourth-order valence-electron chi connectivity index (χ4n) is 3.26. The molecule has 148 valence electrons. The Hall–Kier alpha value is -0.690. The molecule has 0 bridgehead atoms. The van der Waals surface area contributed by atoms with Crippen LogP contribution >= 0.6 is 36.6 Å². The first-order chi connectivity index (χ1) is 11.8. The van der Waals surface area contributed by atoms with Crippen molar-refractivity contribution in [2.45, 2.75) is 44.7 Å². The number of anilines is 1. The third-order valence-electron chi connectivity index (χ3n) is 4.66. The van der Waals surface area contributed by atoms with Crippen LogP contribution in [-0.2, 0) is 11.3 Å². The van der Waals surface area contributed by atoms with Crippen LogP contribution in [0.3, 0.4) is 0 Å². The first kappa shape index (κ1) is 23.3. The van der Waals surface area contributed by atoms with Crippen molar-refractivity contribution in [3.8, 4) is 0 Å². The van der Waals surface area contributed by atoms with Crippen molar-refractivity contribution < 1.29 is 4.79 Å². The number of hydrogen-bond donors (Lipinski definition) is 2. The molecule has 0 aromatic carbocycles. The van der Waals surface area contributed by atoms with Gasteiger partial charge in [0.25, 0.3) is 0 Å². The number of thioether (sulfide) groups is 1. The van der Waals surface area contributed by atoms with Crippen LogP contribution in [0.1, 0.15) is 37.7 Å². The normalized spacial score (nSPS) is 20.3. The molecule has 0 radical (unpaired) electrons. The second-order valence-electron chi connectivity index (χ2n) is 6.63. The zero-order valence-corrected chi connectivity index (χ0v) is 17.6. The maximum atomic E-state index is 12.0. The lowest BCUT2D eigenvalue weighted by atomic mass is 10.2. The van der Waals surface area contributed by atoms with Crippen LogP contribution in [0.5, 0.6) is 0 Å². The molecule has 1 aromatic rings. The van der Waals surface area contributed by atoms with Gasteiger partial charge in [0, 0.05) is 56.3 Å². The molecule has 2 aliphatic heterocycles. The summed E-state index contributed by atoms with van der Waals surface area (Å²) < 4.78 is 0. The summed E-state index contributed by atoms with van der Waals surface area (Å²) in [5.74, 6) is 3.36. The summed E-state index contributed by atoms with van der Waals surface area (Å²) in [5, 5.41) is 6.41. The Bertz CT molecular complexity index is 518. The minimum Gasteiger partial charge on any atom is -0.357 e. The number of nitrogens with zero attached hydrogens (tertiary/aromatic N) is 2.